The molecule has 0 spiro atoms. The number of hydrogen-bond acceptors (Lipinski definition) is 3. The average molecular weight is 241 g/mol. The van der Waals surface area contributed by atoms with Gasteiger partial charge in [0.15, 0.2) is 0 Å². The topological polar surface area (TPSA) is 55.4 Å². The summed E-state index contributed by atoms with van der Waals surface area (Å²) in [6.45, 7) is 3.44. The molecule has 1 atom stereocenters. The SMILES string of the molecule is CCOC(=O)[C@H](C[13c]1[13cH][13cH][13cH][13cH][13cH]1)NC(C)=O. The van der Waals surface area contributed by atoms with Gasteiger partial charge in [-0.05, 0) is 12.5 Å². The molecular weight excluding hydrogens is 224 g/mol. The monoisotopic (exact) mass is 241 g/mol. The van der Waals surface area contributed by atoms with Crippen molar-refractivity contribution < 1.29 is 14.3 Å². The average Bonchev–Trinajstić information content (AvgIpc) is 2.29. The summed E-state index contributed by atoms with van der Waals surface area (Å²) in [6.07, 6.45) is 0.444. The number of rotatable bonds is 5. The molecule has 92 valence electrons. The summed E-state index contributed by atoms with van der Waals surface area (Å²) in [7, 11) is 0. The second kappa shape index (κ2) is 6.68. The van der Waals surface area contributed by atoms with Crippen LogP contribution in [0.25, 0.3) is 0 Å². The number of amides is 1. The molecule has 1 amide bonds. The highest BCUT2D eigenvalue weighted by atomic mass is 16.5. The van der Waals surface area contributed by atoms with Crippen LogP contribution in [-0.4, -0.2) is 24.5 Å². The summed E-state index contributed by atoms with van der Waals surface area (Å²) in [4.78, 5) is 22.7. The molecule has 0 saturated heterocycles. The summed E-state index contributed by atoms with van der Waals surface area (Å²) in [5.74, 6) is -0.634. The van der Waals surface area contributed by atoms with Gasteiger partial charge in [0.2, 0.25) is 5.91 Å². The number of esters is 1. The molecule has 1 aromatic carbocycles. The molecule has 0 radical (unpaired) electrons. The van der Waals surface area contributed by atoms with Crippen molar-refractivity contribution in [1.82, 2.24) is 5.32 Å². The lowest BCUT2D eigenvalue weighted by Crippen LogP contribution is -2.42. The van der Waals surface area contributed by atoms with Crippen LogP contribution >= 0.6 is 0 Å². The second-order valence-electron chi connectivity index (χ2n) is 3.69. The summed E-state index contributed by atoms with van der Waals surface area (Å²) in [6, 6.07) is 8.90. The first-order valence-electron chi connectivity index (χ1n) is 5.61. The molecule has 1 N–H and O–H groups in total. The third-order valence-electron chi connectivity index (χ3n) is 2.23. The highest BCUT2D eigenvalue weighted by Crippen LogP contribution is 2.04. The van der Waals surface area contributed by atoms with Crippen LogP contribution in [0.2, 0.25) is 0 Å². The Morgan fingerprint density at radius 3 is 2.47 bits per heavy atom. The smallest absolute Gasteiger partial charge is 0.328 e. The van der Waals surface area contributed by atoms with Gasteiger partial charge in [-0.15, -0.1) is 0 Å². The minimum Gasteiger partial charge on any atom is -0.464 e. The van der Waals surface area contributed by atoms with E-state index in [9.17, 15) is 9.59 Å². The van der Waals surface area contributed by atoms with Crippen LogP contribution in [0.5, 0.6) is 0 Å². The van der Waals surface area contributed by atoms with E-state index in [0.29, 0.717) is 13.0 Å². The van der Waals surface area contributed by atoms with E-state index < -0.39 is 12.0 Å². The van der Waals surface area contributed by atoms with Crippen LogP contribution < -0.4 is 5.32 Å². The quantitative estimate of drug-likeness (QED) is 0.790. The summed E-state index contributed by atoms with van der Waals surface area (Å²) in [5, 5.41) is 2.60. The largest absolute Gasteiger partial charge is 0.464 e. The molecule has 4 nitrogen and oxygen atoms in total. The zero-order chi connectivity index (χ0) is 12.7. The fraction of sp³-hybridized carbons (Fsp3) is 0.385. The number of ether oxygens (including phenoxy) is 1. The molecule has 1 rings (SSSR count). The highest BCUT2D eigenvalue weighted by molar-refractivity contribution is 5.83. The van der Waals surface area contributed by atoms with Gasteiger partial charge in [-0.2, -0.15) is 0 Å². The minimum atomic E-state index is -0.616. The molecule has 0 fully saturated rings. The first kappa shape index (κ1) is 13.2. The zero-order valence-corrected chi connectivity index (χ0v) is 10.1. The Hall–Kier alpha value is -1.84. The Labute approximate surface area is 101 Å². The van der Waals surface area contributed by atoms with E-state index in [0.717, 1.165) is 5.56 Å². The maximum absolute atomic E-state index is 11.6. The predicted octanol–water partition coefficient (Wildman–Crippen LogP) is 1.30. The van der Waals surface area contributed by atoms with Crippen molar-refractivity contribution in [2.45, 2.75) is 26.3 Å². The third-order valence-corrected chi connectivity index (χ3v) is 2.23. The van der Waals surface area contributed by atoms with Crippen LogP contribution in [0.1, 0.15) is 19.4 Å². The van der Waals surface area contributed by atoms with Crippen LogP contribution in [0.3, 0.4) is 0 Å². The van der Waals surface area contributed by atoms with Crippen LogP contribution in [0.4, 0.5) is 0 Å². The van der Waals surface area contributed by atoms with E-state index in [2.05, 4.69) is 5.32 Å². The molecule has 0 aromatic heterocycles. The molecule has 1 aromatic rings. The summed E-state index contributed by atoms with van der Waals surface area (Å²) < 4.78 is 4.92. The molecule has 0 aliphatic heterocycles. The fourth-order valence-electron chi connectivity index (χ4n) is 1.53. The number of nitrogens with one attached hydrogen (secondary N) is 1. The van der Waals surface area contributed by atoms with Crippen molar-refractivity contribution in [2.75, 3.05) is 6.61 Å². The first-order valence-corrected chi connectivity index (χ1v) is 5.61. The number of carbonyl (C=O) groups excluding carboxylic acids is 2. The Bertz CT molecular complexity index is 376. The molecule has 0 aliphatic rings. The third kappa shape index (κ3) is 4.68. The predicted molar refractivity (Wildman–Crippen MR) is 64.4 cm³/mol. The molecule has 0 bridgehead atoms. The summed E-state index contributed by atoms with van der Waals surface area (Å²) >= 11 is 0. The first-order chi connectivity index (χ1) is 8.13. The fourth-order valence-corrected chi connectivity index (χ4v) is 1.53. The standard InChI is InChI=1S/C13H17NO3/c1-3-17-13(16)12(14-10(2)15)9-11-7-5-4-6-8-11/h4-8,12H,3,9H2,1-2H3,(H,14,15)/t12-/m0/s1/i4+1,5+1,6+1,7+1,8+1,11+1. The van der Waals surface area contributed by atoms with Gasteiger partial charge in [0.1, 0.15) is 6.04 Å². The number of benzene rings is 1. The van der Waals surface area contributed by atoms with Gasteiger partial charge in [0.05, 0.1) is 6.61 Å². The second-order valence-corrected chi connectivity index (χ2v) is 3.69. The van der Waals surface area contributed by atoms with Gasteiger partial charge in [-0.25, -0.2) is 4.79 Å². The maximum atomic E-state index is 11.6. The molecule has 4 heteroatoms. The van der Waals surface area contributed by atoms with E-state index in [1.807, 2.05) is 30.3 Å². The zero-order valence-electron chi connectivity index (χ0n) is 10.1. The van der Waals surface area contributed by atoms with Gasteiger partial charge in [-0.3, -0.25) is 4.79 Å². The molecule has 17 heavy (non-hydrogen) atoms. The lowest BCUT2D eigenvalue weighted by Gasteiger charge is -2.16. The molecule has 0 heterocycles. The molecule has 0 unspecified atom stereocenters. The van der Waals surface area contributed by atoms with E-state index in [1.54, 1.807) is 6.92 Å². The maximum Gasteiger partial charge on any atom is 0.328 e. The minimum absolute atomic E-state index is 0.237. The lowest BCUT2D eigenvalue weighted by molar-refractivity contribution is -0.147. The van der Waals surface area contributed by atoms with E-state index in [1.165, 1.54) is 6.92 Å². The molecule has 0 aliphatic carbocycles. The van der Waals surface area contributed by atoms with Gasteiger partial charge in [0.25, 0.3) is 0 Å². The van der Waals surface area contributed by atoms with Gasteiger partial charge < -0.3 is 10.1 Å². The van der Waals surface area contributed by atoms with Crippen LogP contribution in [0.15, 0.2) is 30.3 Å². The highest BCUT2D eigenvalue weighted by Gasteiger charge is 2.20. The van der Waals surface area contributed by atoms with E-state index >= 15 is 0 Å². The van der Waals surface area contributed by atoms with Crippen molar-refractivity contribution in [2.24, 2.45) is 0 Å². The number of hydrogen-bond donors (Lipinski definition) is 1. The van der Waals surface area contributed by atoms with Crippen LogP contribution in [-0.2, 0) is 20.7 Å². The van der Waals surface area contributed by atoms with E-state index in [4.69, 9.17) is 4.74 Å². The van der Waals surface area contributed by atoms with Crippen molar-refractivity contribution >= 4 is 11.9 Å². The molecular formula is C13H17NO3. The van der Waals surface area contributed by atoms with Crippen molar-refractivity contribution in [3.63, 3.8) is 0 Å². The molecule has 0 saturated carbocycles. The van der Waals surface area contributed by atoms with Gasteiger partial charge >= 0.3 is 5.97 Å². The van der Waals surface area contributed by atoms with Crippen molar-refractivity contribution in [3.05, 3.63) is 35.9 Å². The Balaban J connectivity index is 2.70. The Kier molecular flexibility index (Phi) is 5.20. The Morgan fingerprint density at radius 1 is 1.29 bits per heavy atom. The van der Waals surface area contributed by atoms with Crippen LogP contribution in [0, 0.1) is 0 Å². The normalized spacial score (nSPS) is 11.6. The van der Waals surface area contributed by atoms with Crippen molar-refractivity contribution in [1.29, 1.82) is 0 Å². The Morgan fingerprint density at radius 2 is 1.94 bits per heavy atom. The van der Waals surface area contributed by atoms with Gasteiger partial charge in [-0.1, -0.05) is 30.3 Å². The number of carbonyl (C=O) groups is 2. The van der Waals surface area contributed by atoms with Crippen molar-refractivity contribution in [3.8, 4) is 0 Å². The van der Waals surface area contributed by atoms with E-state index in [-0.39, 0.29) is 5.91 Å². The lowest BCUT2D eigenvalue weighted by atomic mass is 10.2. The van der Waals surface area contributed by atoms with Gasteiger partial charge in [0, 0.05) is 13.3 Å². The summed E-state index contributed by atoms with van der Waals surface area (Å²) in [5.41, 5.74) is 0.985.